The van der Waals surface area contributed by atoms with E-state index in [0.29, 0.717) is 11.5 Å². The van der Waals surface area contributed by atoms with Gasteiger partial charge in [-0.15, -0.1) is 11.8 Å². The van der Waals surface area contributed by atoms with Crippen LogP contribution in [0.3, 0.4) is 0 Å². The molecule has 0 spiro atoms. The lowest BCUT2D eigenvalue weighted by Crippen LogP contribution is -2.00. The Labute approximate surface area is 121 Å². The van der Waals surface area contributed by atoms with Crippen LogP contribution in [0.4, 0.5) is 5.82 Å². The fourth-order valence-corrected chi connectivity index (χ4v) is 2.42. The summed E-state index contributed by atoms with van der Waals surface area (Å²) in [4.78, 5) is 9.79. The minimum atomic E-state index is 0.489. The van der Waals surface area contributed by atoms with Crippen LogP contribution in [0.2, 0.25) is 0 Å². The predicted octanol–water partition coefficient (Wildman–Crippen LogP) is 3.29. The maximum absolute atomic E-state index is 5.96. The molecule has 0 aliphatic heterocycles. The summed E-state index contributed by atoms with van der Waals surface area (Å²) in [5.41, 5.74) is 0.694. The highest BCUT2D eigenvalue weighted by Gasteiger charge is 2.11. The molecule has 6 heteroatoms. The highest BCUT2D eigenvalue weighted by Crippen LogP contribution is 2.32. The van der Waals surface area contributed by atoms with Gasteiger partial charge in [-0.25, -0.2) is 4.98 Å². The fraction of sp³-hybridized carbons (Fsp3) is 0.143. The summed E-state index contributed by atoms with van der Waals surface area (Å²) in [5, 5.41) is 3.02. The summed E-state index contributed by atoms with van der Waals surface area (Å²) in [6.45, 7) is 0. The van der Waals surface area contributed by atoms with E-state index in [9.17, 15) is 0 Å². The number of nitrogens with one attached hydrogen (secondary N) is 1. The number of hydrogen-bond donors (Lipinski definition) is 1. The van der Waals surface area contributed by atoms with Gasteiger partial charge in [0, 0.05) is 24.3 Å². The number of nitrogens with zero attached hydrogens (tertiary/aromatic N) is 3. The van der Waals surface area contributed by atoms with Gasteiger partial charge in [0.25, 0.3) is 5.88 Å². The van der Waals surface area contributed by atoms with E-state index in [1.165, 1.54) is 0 Å². The molecule has 0 unspecified atom stereocenters. The summed E-state index contributed by atoms with van der Waals surface area (Å²) >= 11 is 1.64. The molecule has 20 heavy (non-hydrogen) atoms. The molecule has 3 aromatic rings. The Kier molecular flexibility index (Phi) is 3.47. The van der Waals surface area contributed by atoms with Gasteiger partial charge in [-0.3, -0.25) is 4.40 Å². The molecule has 3 rings (SSSR count). The molecular formula is C14H14N4OS. The molecule has 0 radical (unpaired) electrons. The second-order valence-corrected chi connectivity index (χ2v) is 4.94. The molecule has 1 N–H and O–H groups in total. The molecule has 0 bridgehead atoms. The molecule has 1 aromatic carbocycles. The van der Waals surface area contributed by atoms with Gasteiger partial charge < -0.3 is 10.1 Å². The zero-order chi connectivity index (χ0) is 13.9. The van der Waals surface area contributed by atoms with Crippen molar-refractivity contribution in [1.29, 1.82) is 0 Å². The third kappa shape index (κ3) is 2.30. The van der Waals surface area contributed by atoms with Gasteiger partial charge in [-0.2, -0.15) is 4.98 Å². The van der Waals surface area contributed by atoms with Crippen molar-refractivity contribution in [2.45, 2.75) is 4.90 Å². The minimum absolute atomic E-state index is 0.489. The second-order valence-electron chi connectivity index (χ2n) is 4.09. The van der Waals surface area contributed by atoms with E-state index < -0.39 is 0 Å². The quantitative estimate of drug-likeness (QED) is 0.746. The Morgan fingerprint density at radius 1 is 1.30 bits per heavy atom. The summed E-state index contributed by atoms with van der Waals surface area (Å²) in [5.74, 6) is 2.00. The summed E-state index contributed by atoms with van der Waals surface area (Å²) in [6.07, 6.45) is 7.48. The number of anilines is 1. The van der Waals surface area contributed by atoms with Crippen molar-refractivity contribution in [2.75, 3.05) is 18.6 Å². The SMILES string of the molecule is CNc1cn2ccnc2c(Oc2ccccc2SC)n1. The molecule has 0 saturated heterocycles. The van der Waals surface area contributed by atoms with Crippen LogP contribution in [0, 0.1) is 0 Å². The molecule has 102 valence electrons. The topological polar surface area (TPSA) is 51.5 Å². The van der Waals surface area contributed by atoms with Crippen LogP contribution in [-0.2, 0) is 0 Å². The highest BCUT2D eigenvalue weighted by atomic mass is 32.2. The zero-order valence-corrected chi connectivity index (χ0v) is 12.0. The fourth-order valence-electron chi connectivity index (χ4n) is 1.90. The first kappa shape index (κ1) is 12.8. The first-order valence-electron chi connectivity index (χ1n) is 6.14. The number of rotatable bonds is 4. The van der Waals surface area contributed by atoms with Crippen LogP contribution in [0.25, 0.3) is 5.65 Å². The Bertz CT molecular complexity index is 741. The van der Waals surface area contributed by atoms with Crippen LogP contribution in [0.1, 0.15) is 0 Å². The standard InChI is InChI=1S/C14H14N4OS/c1-15-12-9-18-8-7-16-13(18)14(17-12)19-10-5-3-4-6-11(10)20-2/h3-9,15H,1-2H3. The van der Waals surface area contributed by atoms with E-state index >= 15 is 0 Å². The van der Waals surface area contributed by atoms with Gasteiger partial charge in [-0.05, 0) is 18.4 Å². The third-order valence-electron chi connectivity index (χ3n) is 2.88. The van der Waals surface area contributed by atoms with Gasteiger partial charge in [-0.1, -0.05) is 12.1 Å². The molecule has 2 heterocycles. The monoisotopic (exact) mass is 286 g/mol. The van der Waals surface area contributed by atoms with Crippen molar-refractivity contribution in [1.82, 2.24) is 14.4 Å². The van der Waals surface area contributed by atoms with E-state index in [4.69, 9.17) is 4.74 Å². The number of para-hydroxylation sites is 1. The predicted molar refractivity (Wildman–Crippen MR) is 80.8 cm³/mol. The van der Waals surface area contributed by atoms with Crippen molar-refractivity contribution in [3.63, 3.8) is 0 Å². The summed E-state index contributed by atoms with van der Waals surface area (Å²) in [7, 11) is 1.82. The van der Waals surface area contributed by atoms with Crippen molar-refractivity contribution in [3.05, 3.63) is 42.9 Å². The number of hydrogen-bond acceptors (Lipinski definition) is 5. The second kappa shape index (κ2) is 5.42. The van der Waals surface area contributed by atoms with Crippen molar-refractivity contribution < 1.29 is 4.74 Å². The molecule has 5 nitrogen and oxygen atoms in total. The Morgan fingerprint density at radius 2 is 2.15 bits per heavy atom. The smallest absolute Gasteiger partial charge is 0.265 e. The van der Waals surface area contributed by atoms with Crippen molar-refractivity contribution >= 4 is 23.2 Å². The molecule has 0 aliphatic carbocycles. The van der Waals surface area contributed by atoms with E-state index in [1.807, 2.05) is 54.4 Å². The van der Waals surface area contributed by atoms with E-state index in [1.54, 1.807) is 18.0 Å². The first-order chi connectivity index (χ1) is 9.81. The minimum Gasteiger partial charge on any atom is -0.435 e. The molecule has 0 fully saturated rings. The van der Waals surface area contributed by atoms with E-state index in [-0.39, 0.29) is 0 Å². The summed E-state index contributed by atoms with van der Waals surface area (Å²) < 4.78 is 7.84. The molecule has 0 amide bonds. The first-order valence-corrected chi connectivity index (χ1v) is 7.36. The summed E-state index contributed by atoms with van der Waals surface area (Å²) in [6, 6.07) is 7.88. The highest BCUT2D eigenvalue weighted by molar-refractivity contribution is 7.98. The Balaban J connectivity index is 2.07. The Hall–Kier alpha value is -2.21. The number of ether oxygens (including phenoxy) is 1. The Morgan fingerprint density at radius 3 is 2.95 bits per heavy atom. The van der Waals surface area contributed by atoms with Gasteiger partial charge in [0.15, 0.2) is 0 Å². The van der Waals surface area contributed by atoms with Gasteiger partial charge >= 0.3 is 0 Å². The molecule has 2 aromatic heterocycles. The van der Waals surface area contributed by atoms with Crippen molar-refractivity contribution in [3.8, 4) is 11.6 Å². The third-order valence-corrected chi connectivity index (χ3v) is 3.65. The molecule has 0 atom stereocenters. The number of aromatic nitrogens is 3. The number of imidazole rings is 1. The number of fused-ring (bicyclic) bond motifs is 1. The maximum Gasteiger partial charge on any atom is 0.265 e. The zero-order valence-electron chi connectivity index (χ0n) is 11.2. The van der Waals surface area contributed by atoms with Crippen LogP contribution in [-0.4, -0.2) is 27.7 Å². The van der Waals surface area contributed by atoms with Crippen LogP contribution in [0.5, 0.6) is 11.6 Å². The molecule has 0 saturated carbocycles. The lowest BCUT2D eigenvalue weighted by atomic mass is 10.3. The number of benzene rings is 1. The lowest BCUT2D eigenvalue weighted by molar-refractivity contribution is 0.455. The lowest BCUT2D eigenvalue weighted by Gasteiger charge is -2.10. The van der Waals surface area contributed by atoms with Gasteiger partial charge in [0.1, 0.15) is 11.6 Å². The van der Waals surface area contributed by atoms with Gasteiger partial charge in [0.05, 0.1) is 6.20 Å². The van der Waals surface area contributed by atoms with E-state index in [2.05, 4.69) is 15.3 Å². The molecule has 0 aliphatic rings. The average Bonchev–Trinajstić information content (AvgIpc) is 2.96. The van der Waals surface area contributed by atoms with Crippen LogP contribution < -0.4 is 10.1 Å². The largest absolute Gasteiger partial charge is 0.435 e. The van der Waals surface area contributed by atoms with Crippen molar-refractivity contribution in [2.24, 2.45) is 0 Å². The van der Waals surface area contributed by atoms with Crippen LogP contribution in [0.15, 0.2) is 47.8 Å². The van der Waals surface area contributed by atoms with Gasteiger partial charge in [0.2, 0.25) is 5.65 Å². The van der Waals surface area contributed by atoms with Crippen LogP contribution >= 0.6 is 11.8 Å². The average molecular weight is 286 g/mol. The van der Waals surface area contributed by atoms with E-state index in [0.717, 1.165) is 16.5 Å². The number of thioether (sulfide) groups is 1. The molecular weight excluding hydrogens is 272 g/mol. The maximum atomic E-state index is 5.96. The normalized spacial score (nSPS) is 10.7.